The van der Waals surface area contributed by atoms with Gasteiger partial charge in [0, 0.05) is 29.3 Å². The maximum Gasteiger partial charge on any atom is 0.0606 e. The van der Waals surface area contributed by atoms with Gasteiger partial charge in [0.05, 0.1) is 6.61 Å². The number of anilines is 1. The minimum atomic E-state index is 0.213. The Balaban J connectivity index is 2.18. The number of halogens is 1. The monoisotopic (exact) mass is 340 g/mol. The fourth-order valence-electron chi connectivity index (χ4n) is 2.66. The zero-order valence-electron chi connectivity index (χ0n) is 12.2. The van der Waals surface area contributed by atoms with Crippen LogP contribution >= 0.6 is 15.9 Å². The van der Waals surface area contributed by atoms with Crippen molar-refractivity contribution in [2.24, 2.45) is 0 Å². The van der Waals surface area contributed by atoms with Crippen LogP contribution in [0.1, 0.15) is 38.2 Å². The zero-order valence-corrected chi connectivity index (χ0v) is 13.8. The molecule has 0 saturated heterocycles. The molecule has 1 aliphatic rings. The van der Waals surface area contributed by atoms with E-state index in [4.69, 9.17) is 0 Å². The molecule has 0 unspecified atom stereocenters. The molecule has 3 nitrogen and oxygen atoms in total. The summed E-state index contributed by atoms with van der Waals surface area (Å²) >= 11 is 3.58. The average molecular weight is 341 g/mol. The van der Waals surface area contributed by atoms with Crippen molar-refractivity contribution in [2.45, 2.75) is 45.2 Å². The molecule has 0 heterocycles. The zero-order chi connectivity index (χ0) is 14.4. The SMILES string of the molecule is CCCNCc1ccc(Br)cc1N(CCO)C1CCC1. The van der Waals surface area contributed by atoms with Crippen LogP contribution in [0.25, 0.3) is 0 Å². The summed E-state index contributed by atoms with van der Waals surface area (Å²) in [7, 11) is 0. The molecular formula is C16H25BrN2O. The van der Waals surface area contributed by atoms with Gasteiger partial charge in [-0.3, -0.25) is 0 Å². The Bertz CT molecular complexity index is 421. The summed E-state index contributed by atoms with van der Waals surface area (Å²) in [5.41, 5.74) is 2.59. The van der Waals surface area contributed by atoms with Gasteiger partial charge < -0.3 is 15.3 Å². The van der Waals surface area contributed by atoms with Gasteiger partial charge in [-0.1, -0.05) is 28.9 Å². The summed E-state index contributed by atoms with van der Waals surface area (Å²) in [5.74, 6) is 0. The Kier molecular flexibility index (Phi) is 6.33. The number of nitrogens with one attached hydrogen (secondary N) is 1. The van der Waals surface area contributed by atoms with Gasteiger partial charge in [0.25, 0.3) is 0 Å². The fourth-order valence-corrected chi connectivity index (χ4v) is 3.01. The maximum absolute atomic E-state index is 9.37. The van der Waals surface area contributed by atoms with E-state index in [0.717, 1.165) is 30.5 Å². The quantitative estimate of drug-likeness (QED) is 0.712. The molecule has 112 valence electrons. The molecule has 2 rings (SSSR count). The van der Waals surface area contributed by atoms with Crippen LogP contribution in [0.3, 0.4) is 0 Å². The van der Waals surface area contributed by atoms with Gasteiger partial charge in [-0.2, -0.15) is 0 Å². The highest BCUT2D eigenvalue weighted by atomic mass is 79.9. The van der Waals surface area contributed by atoms with Gasteiger partial charge in [-0.15, -0.1) is 0 Å². The van der Waals surface area contributed by atoms with Crippen molar-refractivity contribution < 1.29 is 5.11 Å². The third-order valence-corrected chi connectivity index (χ3v) is 4.45. The molecule has 0 spiro atoms. The first-order valence-corrected chi connectivity index (χ1v) is 8.42. The number of aliphatic hydroxyl groups excluding tert-OH is 1. The van der Waals surface area contributed by atoms with Crippen LogP contribution in [0.15, 0.2) is 22.7 Å². The van der Waals surface area contributed by atoms with E-state index in [2.05, 4.69) is 51.3 Å². The Morgan fingerprint density at radius 1 is 1.40 bits per heavy atom. The first kappa shape index (κ1) is 15.8. The highest BCUT2D eigenvalue weighted by Gasteiger charge is 2.26. The van der Waals surface area contributed by atoms with Crippen LogP contribution in [0.2, 0.25) is 0 Å². The van der Waals surface area contributed by atoms with Crippen molar-refractivity contribution in [3.8, 4) is 0 Å². The van der Waals surface area contributed by atoms with Crippen molar-refractivity contribution in [1.29, 1.82) is 0 Å². The molecule has 0 atom stereocenters. The molecule has 0 radical (unpaired) electrons. The highest BCUT2D eigenvalue weighted by molar-refractivity contribution is 9.10. The number of rotatable bonds is 8. The molecule has 1 aliphatic carbocycles. The van der Waals surface area contributed by atoms with Gasteiger partial charge in [0.1, 0.15) is 0 Å². The van der Waals surface area contributed by atoms with Gasteiger partial charge in [-0.25, -0.2) is 0 Å². The lowest BCUT2D eigenvalue weighted by Crippen LogP contribution is -2.42. The summed E-state index contributed by atoms with van der Waals surface area (Å²) < 4.78 is 1.11. The smallest absolute Gasteiger partial charge is 0.0606 e. The molecule has 0 aliphatic heterocycles. The van der Waals surface area contributed by atoms with Gasteiger partial charge in [-0.05, 0) is 49.9 Å². The molecule has 1 fully saturated rings. The molecule has 0 amide bonds. The average Bonchev–Trinajstić information content (AvgIpc) is 2.38. The molecular weight excluding hydrogens is 316 g/mol. The molecule has 4 heteroatoms. The van der Waals surface area contributed by atoms with E-state index in [0.29, 0.717) is 6.04 Å². The van der Waals surface area contributed by atoms with Crippen LogP contribution in [0.5, 0.6) is 0 Å². The van der Waals surface area contributed by atoms with Crippen LogP contribution in [0, 0.1) is 0 Å². The summed E-state index contributed by atoms with van der Waals surface area (Å²) in [6.45, 7) is 5.05. The number of hydrogen-bond acceptors (Lipinski definition) is 3. The van der Waals surface area contributed by atoms with Crippen molar-refractivity contribution >= 4 is 21.6 Å². The Labute approximate surface area is 130 Å². The normalized spacial score (nSPS) is 15.2. The number of aliphatic hydroxyl groups is 1. The van der Waals surface area contributed by atoms with Crippen molar-refractivity contribution in [1.82, 2.24) is 5.32 Å². The second-order valence-corrected chi connectivity index (χ2v) is 6.37. The standard InChI is InChI=1S/C16H25BrN2O/c1-2-8-18-12-13-6-7-14(17)11-16(13)19(9-10-20)15-4-3-5-15/h6-7,11,15,18,20H,2-5,8-10,12H2,1H3. The minimum absolute atomic E-state index is 0.213. The molecule has 2 N–H and O–H groups in total. The molecule has 1 aromatic rings. The Morgan fingerprint density at radius 3 is 2.80 bits per heavy atom. The number of nitrogens with zero attached hydrogens (tertiary/aromatic N) is 1. The highest BCUT2D eigenvalue weighted by Crippen LogP contribution is 2.33. The van der Waals surface area contributed by atoms with E-state index in [1.807, 2.05) is 0 Å². The second kappa shape index (κ2) is 8.01. The van der Waals surface area contributed by atoms with Crippen molar-refractivity contribution in [3.05, 3.63) is 28.2 Å². The molecule has 1 saturated carbocycles. The lowest BCUT2D eigenvalue weighted by Gasteiger charge is -2.40. The first-order valence-electron chi connectivity index (χ1n) is 7.63. The van der Waals surface area contributed by atoms with Crippen LogP contribution in [0.4, 0.5) is 5.69 Å². The summed E-state index contributed by atoms with van der Waals surface area (Å²) in [6.07, 6.45) is 4.95. The molecule has 1 aromatic carbocycles. The van der Waals surface area contributed by atoms with E-state index in [-0.39, 0.29) is 6.61 Å². The summed E-state index contributed by atoms with van der Waals surface area (Å²) in [6, 6.07) is 7.08. The lowest BCUT2D eigenvalue weighted by atomic mass is 9.90. The van der Waals surface area contributed by atoms with E-state index in [1.165, 1.54) is 30.5 Å². The maximum atomic E-state index is 9.37. The third-order valence-electron chi connectivity index (χ3n) is 3.96. The van der Waals surface area contributed by atoms with Gasteiger partial charge in [0.2, 0.25) is 0 Å². The second-order valence-electron chi connectivity index (χ2n) is 5.45. The predicted molar refractivity (Wildman–Crippen MR) is 88.2 cm³/mol. The predicted octanol–water partition coefficient (Wildman–Crippen LogP) is 3.30. The lowest BCUT2D eigenvalue weighted by molar-refractivity contribution is 0.283. The molecule has 0 bridgehead atoms. The fraction of sp³-hybridized carbons (Fsp3) is 0.625. The van der Waals surface area contributed by atoms with Gasteiger partial charge in [0.15, 0.2) is 0 Å². The summed E-state index contributed by atoms with van der Waals surface area (Å²) in [4.78, 5) is 2.39. The van der Waals surface area contributed by atoms with E-state index >= 15 is 0 Å². The van der Waals surface area contributed by atoms with Crippen LogP contribution in [-0.4, -0.2) is 30.8 Å². The minimum Gasteiger partial charge on any atom is -0.395 e. The van der Waals surface area contributed by atoms with E-state index < -0.39 is 0 Å². The topological polar surface area (TPSA) is 35.5 Å². The van der Waals surface area contributed by atoms with E-state index in [1.54, 1.807) is 0 Å². The molecule has 0 aromatic heterocycles. The van der Waals surface area contributed by atoms with Crippen molar-refractivity contribution in [3.63, 3.8) is 0 Å². The largest absolute Gasteiger partial charge is 0.395 e. The van der Waals surface area contributed by atoms with Crippen LogP contribution < -0.4 is 10.2 Å². The van der Waals surface area contributed by atoms with Crippen LogP contribution in [-0.2, 0) is 6.54 Å². The van der Waals surface area contributed by atoms with E-state index in [9.17, 15) is 5.11 Å². The van der Waals surface area contributed by atoms with Crippen molar-refractivity contribution in [2.75, 3.05) is 24.6 Å². The third kappa shape index (κ3) is 3.96. The number of benzene rings is 1. The van der Waals surface area contributed by atoms with Gasteiger partial charge >= 0.3 is 0 Å². The Morgan fingerprint density at radius 2 is 2.20 bits per heavy atom. The number of hydrogen-bond donors (Lipinski definition) is 2. The first-order chi connectivity index (χ1) is 9.76. The Hall–Kier alpha value is -0.580. The summed E-state index contributed by atoms with van der Waals surface area (Å²) in [5, 5.41) is 12.9. The molecule has 20 heavy (non-hydrogen) atoms.